The molecule has 0 radical (unpaired) electrons. The van der Waals surface area contributed by atoms with Gasteiger partial charge in [0, 0.05) is 5.56 Å². The lowest BCUT2D eigenvalue weighted by molar-refractivity contribution is -0.146. The molecule has 3 aromatic carbocycles. The molecule has 218 valence electrons. The molecule has 7 nitrogen and oxygen atoms in total. The third-order valence-corrected chi connectivity index (χ3v) is 7.29. The van der Waals surface area contributed by atoms with Crippen LogP contribution in [0.15, 0.2) is 77.3 Å². The Bertz CT molecular complexity index is 1590. The number of carbonyl (C=O) groups is 2. The van der Waals surface area contributed by atoms with Crippen molar-refractivity contribution in [3.63, 3.8) is 0 Å². The molecule has 1 heterocycles. The molecular weight excluding hydrogens is 549 g/mol. The molecule has 42 heavy (non-hydrogen) atoms. The topological polar surface area (TPSA) is 81.9 Å². The summed E-state index contributed by atoms with van der Waals surface area (Å²) in [6.07, 6.45) is -4.20. The summed E-state index contributed by atoms with van der Waals surface area (Å²) in [6.45, 7) is 5.20. The van der Waals surface area contributed by atoms with Gasteiger partial charge >= 0.3 is 18.2 Å². The van der Waals surface area contributed by atoms with E-state index in [0.29, 0.717) is 12.2 Å². The second-order valence-corrected chi connectivity index (χ2v) is 9.95. The van der Waals surface area contributed by atoms with Gasteiger partial charge in [-0.15, -0.1) is 0 Å². The molecule has 0 bridgehead atoms. The fourth-order valence-corrected chi connectivity index (χ4v) is 5.02. The largest absolute Gasteiger partial charge is 0.465 e. The van der Waals surface area contributed by atoms with Crippen molar-refractivity contribution in [1.82, 2.24) is 5.16 Å². The van der Waals surface area contributed by atoms with E-state index in [1.807, 2.05) is 36.4 Å². The molecule has 0 N–H and O–H groups in total. The second-order valence-electron chi connectivity index (χ2n) is 9.95. The van der Waals surface area contributed by atoms with Gasteiger partial charge in [0.15, 0.2) is 5.76 Å². The van der Waals surface area contributed by atoms with Gasteiger partial charge in [0.05, 0.1) is 29.9 Å². The molecule has 1 amide bonds. The van der Waals surface area contributed by atoms with Crippen LogP contribution in [0.4, 0.5) is 29.3 Å². The summed E-state index contributed by atoms with van der Waals surface area (Å²) in [5.74, 6) is -0.0838. The first kappa shape index (κ1) is 28.9. The number of ether oxygens (including phenoxy) is 2. The summed E-state index contributed by atoms with van der Waals surface area (Å²) in [7, 11) is 0. The van der Waals surface area contributed by atoms with E-state index in [2.05, 4.69) is 5.16 Å². The molecule has 0 unspecified atom stereocenters. The van der Waals surface area contributed by atoms with Crippen molar-refractivity contribution in [2.75, 3.05) is 18.1 Å². The monoisotopic (exact) mass is 578 g/mol. The number of alkyl halides is 3. The number of hydrogen-bond acceptors (Lipinski definition) is 6. The van der Waals surface area contributed by atoms with Crippen LogP contribution in [-0.2, 0) is 25.9 Å². The molecule has 5 rings (SSSR count). The van der Waals surface area contributed by atoms with E-state index in [1.165, 1.54) is 18.2 Å². The molecule has 0 atom stereocenters. The maximum atomic E-state index is 14.0. The maximum Gasteiger partial charge on any atom is 0.419 e. The molecule has 0 saturated heterocycles. The summed E-state index contributed by atoms with van der Waals surface area (Å²) in [4.78, 5) is 26.4. The van der Waals surface area contributed by atoms with Crippen molar-refractivity contribution in [2.24, 2.45) is 0 Å². The number of anilines is 2. The first-order chi connectivity index (χ1) is 20.1. The van der Waals surface area contributed by atoms with Crippen LogP contribution < -0.4 is 4.90 Å². The number of rotatable bonds is 8. The summed E-state index contributed by atoms with van der Waals surface area (Å²) in [5.41, 5.74) is 1.50. The van der Waals surface area contributed by atoms with Crippen LogP contribution in [0.2, 0.25) is 0 Å². The van der Waals surface area contributed by atoms with E-state index < -0.39 is 28.9 Å². The first-order valence-corrected chi connectivity index (χ1v) is 13.6. The van der Waals surface area contributed by atoms with Crippen LogP contribution in [-0.4, -0.2) is 30.4 Å². The molecule has 1 saturated carbocycles. The maximum absolute atomic E-state index is 14.0. The highest BCUT2D eigenvalue weighted by atomic mass is 19.4. The normalized spacial score (nSPS) is 13.9. The van der Waals surface area contributed by atoms with Crippen LogP contribution >= 0.6 is 0 Å². The lowest BCUT2D eigenvalue weighted by atomic mass is 9.93. The van der Waals surface area contributed by atoms with E-state index in [0.717, 1.165) is 40.5 Å². The average Bonchev–Trinajstić information content (AvgIpc) is 3.71. The van der Waals surface area contributed by atoms with Crippen molar-refractivity contribution >= 4 is 23.4 Å². The number of esters is 1. The molecule has 1 aromatic heterocycles. The van der Waals surface area contributed by atoms with Gasteiger partial charge in [-0.05, 0) is 62.4 Å². The predicted molar refractivity (Wildman–Crippen MR) is 150 cm³/mol. The van der Waals surface area contributed by atoms with Crippen molar-refractivity contribution < 1.29 is 36.8 Å². The fourth-order valence-electron chi connectivity index (χ4n) is 5.02. The number of aromatic nitrogens is 1. The Kier molecular flexibility index (Phi) is 7.81. The van der Waals surface area contributed by atoms with Gasteiger partial charge in [-0.3, -0.25) is 4.79 Å². The molecule has 1 aliphatic carbocycles. The zero-order valence-corrected chi connectivity index (χ0v) is 23.3. The van der Waals surface area contributed by atoms with E-state index in [4.69, 9.17) is 14.0 Å². The minimum absolute atomic E-state index is 0.0441. The Morgan fingerprint density at radius 2 is 1.45 bits per heavy atom. The molecule has 4 aromatic rings. The SMILES string of the molecule is CCOC(=O)N(c1ccccc1C(F)(F)F)c1c(C)noc1-c1ccc(-c2ccc(C3(C(=O)OCC)CC3)cc2)cc1. The average molecular weight is 579 g/mol. The first-order valence-electron chi connectivity index (χ1n) is 13.6. The number of aryl methyl sites for hydroxylation is 1. The molecular formula is C32H29F3N2O5. The summed E-state index contributed by atoms with van der Waals surface area (Å²) in [5, 5.41) is 3.98. The fraction of sp³-hybridized carbons (Fsp3) is 0.281. The zero-order valence-electron chi connectivity index (χ0n) is 23.3. The number of nitrogens with zero attached hydrogens (tertiary/aromatic N) is 2. The smallest absolute Gasteiger partial charge is 0.419 e. The quantitative estimate of drug-likeness (QED) is 0.196. The minimum atomic E-state index is -4.72. The number of benzene rings is 3. The third kappa shape index (κ3) is 5.36. The van der Waals surface area contributed by atoms with E-state index in [-0.39, 0.29) is 29.7 Å². The van der Waals surface area contributed by atoms with Gasteiger partial charge in [0.1, 0.15) is 11.4 Å². The van der Waals surface area contributed by atoms with Gasteiger partial charge < -0.3 is 14.0 Å². The Balaban J connectivity index is 1.49. The second kappa shape index (κ2) is 11.3. The number of para-hydroxylation sites is 1. The van der Waals surface area contributed by atoms with Crippen molar-refractivity contribution in [1.29, 1.82) is 0 Å². The summed E-state index contributed by atoms with van der Waals surface area (Å²) >= 11 is 0. The Labute approximate surface area is 240 Å². The van der Waals surface area contributed by atoms with Crippen molar-refractivity contribution in [3.8, 4) is 22.5 Å². The van der Waals surface area contributed by atoms with Crippen LogP contribution in [0, 0.1) is 6.92 Å². The van der Waals surface area contributed by atoms with Gasteiger partial charge in [-0.2, -0.15) is 13.2 Å². The number of halogens is 3. The van der Waals surface area contributed by atoms with Gasteiger partial charge in [-0.1, -0.05) is 65.8 Å². The summed E-state index contributed by atoms with van der Waals surface area (Å²) < 4.78 is 57.9. The van der Waals surface area contributed by atoms with Crippen molar-refractivity contribution in [2.45, 2.75) is 45.2 Å². The third-order valence-electron chi connectivity index (χ3n) is 7.29. The lowest BCUT2D eigenvalue weighted by Crippen LogP contribution is -2.29. The Morgan fingerprint density at radius 3 is 2.02 bits per heavy atom. The zero-order chi connectivity index (χ0) is 30.1. The molecule has 1 aliphatic rings. The van der Waals surface area contributed by atoms with Crippen LogP contribution in [0.3, 0.4) is 0 Å². The van der Waals surface area contributed by atoms with Gasteiger partial charge in [0.25, 0.3) is 0 Å². The van der Waals surface area contributed by atoms with Crippen LogP contribution in [0.5, 0.6) is 0 Å². The molecule has 0 aliphatic heterocycles. The van der Waals surface area contributed by atoms with Crippen LogP contribution in [0.25, 0.3) is 22.5 Å². The molecule has 1 fully saturated rings. The Hall–Kier alpha value is -4.60. The Morgan fingerprint density at radius 1 is 0.881 bits per heavy atom. The molecule has 10 heteroatoms. The number of amides is 1. The van der Waals surface area contributed by atoms with Crippen molar-refractivity contribution in [3.05, 3.63) is 89.6 Å². The standard InChI is InChI=1S/C32H29F3N2O5/c1-4-40-29(38)31(18-19-31)24-16-14-22(15-17-24)21-10-12-23(13-11-21)28-27(20(3)36-42-28)37(30(39)41-5-2)26-9-7-6-8-25(26)32(33,34)35/h6-17H,4-5,18-19H2,1-3H3. The predicted octanol–water partition coefficient (Wildman–Crippen LogP) is 8.23. The van der Waals surface area contributed by atoms with Gasteiger partial charge in [0.2, 0.25) is 0 Å². The van der Waals surface area contributed by atoms with E-state index in [9.17, 15) is 22.8 Å². The molecule has 0 spiro atoms. The highest BCUT2D eigenvalue weighted by molar-refractivity contribution is 6.01. The van der Waals surface area contributed by atoms with Gasteiger partial charge in [-0.25, -0.2) is 9.69 Å². The number of hydrogen-bond donors (Lipinski definition) is 0. The highest BCUT2D eigenvalue weighted by Crippen LogP contribution is 2.49. The lowest BCUT2D eigenvalue weighted by Gasteiger charge is -2.25. The summed E-state index contributed by atoms with van der Waals surface area (Å²) in [6, 6.07) is 19.7. The minimum Gasteiger partial charge on any atom is -0.465 e. The number of carbonyl (C=O) groups excluding carboxylic acids is 2. The van der Waals surface area contributed by atoms with E-state index in [1.54, 1.807) is 32.9 Å². The van der Waals surface area contributed by atoms with E-state index >= 15 is 0 Å². The highest BCUT2D eigenvalue weighted by Gasteiger charge is 2.52. The van der Waals surface area contributed by atoms with Crippen LogP contribution in [0.1, 0.15) is 43.5 Å².